The fourth-order valence-electron chi connectivity index (χ4n) is 4.15. The van der Waals surface area contributed by atoms with E-state index in [4.69, 9.17) is 0 Å². The predicted octanol–water partition coefficient (Wildman–Crippen LogP) is 3.27. The number of thioether (sulfide) groups is 1. The van der Waals surface area contributed by atoms with Crippen LogP contribution in [0.3, 0.4) is 0 Å². The van der Waals surface area contributed by atoms with Crippen LogP contribution < -0.4 is 5.32 Å². The van der Waals surface area contributed by atoms with Crippen molar-refractivity contribution in [1.29, 1.82) is 0 Å². The first-order valence-corrected chi connectivity index (χ1v) is 10.5. The zero-order valence-corrected chi connectivity index (χ0v) is 16.4. The molecule has 2 amide bonds. The van der Waals surface area contributed by atoms with Gasteiger partial charge in [-0.15, -0.1) is 11.8 Å². The molecule has 0 radical (unpaired) electrons. The van der Waals surface area contributed by atoms with E-state index in [2.05, 4.69) is 10.3 Å². The number of alkyl halides is 2. The van der Waals surface area contributed by atoms with E-state index in [1.54, 1.807) is 11.1 Å². The number of nitrogens with one attached hydrogen (secondary N) is 1. The second-order valence-corrected chi connectivity index (χ2v) is 8.91. The lowest BCUT2D eigenvalue weighted by Crippen LogP contribution is -2.46. The monoisotopic (exact) mass is 415 g/mol. The average Bonchev–Trinajstić information content (AvgIpc) is 3.31. The molecule has 1 atom stereocenters. The largest absolute Gasteiger partial charge is 0.347 e. The van der Waals surface area contributed by atoms with Crippen LogP contribution in [0.1, 0.15) is 34.5 Å². The summed E-state index contributed by atoms with van der Waals surface area (Å²) in [4.78, 5) is 31.6. The minimum absolute atomic E-state index is 0.0606. The molecule has 0 spiro atoms. The molecule has 1 aromatic carbocycles. The van der Waals surface area contributed by atoms with Gasteiger partial charge in [0.2, 0.25) is 5.91 Å². The highest BCUT2D eigenvalue weighted by atomic mass is 32.2. The number of carbonyl (C=O) groups excluding carboxylic acids is 2. The van der Waals surface area contributed by atoms with Crippen molar-refractivity contribution in [2.75, 3.05) is 13.1 Å². The molecule has 29 heavy (non-hydrogen) atoms. The fraction of sp³-hybridized carbons (Fsp3) is 0.381. The molecule has 0 aliphatic carbocycles. The number of nitrogens with zero attached hydrogens (tertiary/aromatic N) is 2. The Balaban J connectivity index is 1.38. The number of fused-ring (bicyclic) bond motifs is 2. The van der Waals surface area contributed by atoms with Gasteiger partial charge in [0.15, 0.2) is 0 Å². The summed E-state index contributed by atoms with van der Waals surface area (Å²) in [6.07, 6.45) is 1.77. The number of rotatable bonds is 2. The third-order valence-corrected chi connectivity index (χ3v) is 7.15. The Morgan fingerprint density at radius 1 is 1.24 bits per heavy atom. The number of benzene rings is 1. The molecule has 8 heteroatoms. The van der Waals surface area contributed by atoms with E-state index < -0.39 is 5.92 Å². The summed E-state index contributed by atoms with van der Waals surface area (Å²) in [5.74, 6) is -2.88. The average molecular weight is 415 g/mol. The van der Waals surface area contributed by atoms with Crippen molar-refractivity contribution in [1.82, 2.24) is 15.2 Å². The maximum absolute atomic E-state index is 13.4. The highest BCUT2D eigenvalue weighted by molar-refractivity contribution is 8.01. The zero-order chi connectivity index (χ0) is 20.2. The van der Waals surface area contributed by atoms with Gasteiger partial charge in [-0.1, -0.05) is 18.2 Å². The normalized spacial score (nSPS) is 22.2. The SMILES string of the molecule is O=C1NCc2cc(-c3cccc4c3SC(C(=O)N3CCC(F)(F)CC3)C4)cnc21. The number of pyridine rings is 1. The third-order valence-electron chi connectivity index (χ3n) is 5.78. The number of carbonyl (C=O) groups is 2. The maximum atomic E-state index is 13.4. The molecule has 0 saturated carbocycles. The van der Waals surface area contributed by atoms with Gasteiger partial charge in [0.05, 0.1) is 5.25 Å². The number of likely N-dealkylation sites (tertiary alicyclic amines) is 1. The van der Waals surface area contributed by atoms with Gasteiger partial charge in [0.1, 0.15) is 5.69 Å². The Kier molecular flexibility index (Phi) is 4.34. The highest BCUT2D eigenvalue weighted by Crippen LogP contribution is 2.44. The summed E-state index contributed by atoms with van der Waals surface area (Å²) in [5.41, 5.74) is 4.32. The number of aromatic nitrogens is 1. The Morgan fingerprint density at radius 2 is 2.03 bits per heavy atom. The number of piperidine rings is 1. The molecule has 1 unspecified atom stereocenters. The first kappa shape index (κ1) is 18.5. The summed E-state index contributed by atoms with van der Waals surface area (Å²) < 4.78 is 26.8. The van der Waals surface area contributed by atoms with Crippen molar-refractivity contribution in [2.45, 2.75) is 41.9 Å². The van der Waals surface area contributed by atoms with E-state index in [9.17, 15) is 18.4 Å². The summed E-state index contributed by atoms with van der Waals surface area (Å²) >= 11 is 1.50. The lowest BCUT2D eigenvalue weighted by molar-refractivity contribution is -0.136. The van der Waals surface area contributed by atoms with Crippen LogP contribution in [-0.2, 0) is 17.8 Å². The second kappa shape index (κ2) is 6.79. The molecule has 2 aromatic rings. The van der Waals surface area contributed by atoms with Crippen LogP contribution in [0.25, 0.3) is 11.1 Å². The van der Waals surface area contributed by atoms with Crippen LogP contribution in [0.15, 0.2) is 35.4 Å². The van der Waals surface area contributed by atoms with Crippen LogP contribution in [0.2, 0.25) is 0 Å². The van der Waals surface area contributed by atoms with Crippen LogP contribution in [0, 0.1) is 0 Å². The molecular formula is C21H19F2N3O2S. The van der Waals surface area contributed by atoms with Gasteiger partial charge >= 0.3 is 0 Å². The van der Waals surface area contributed by atoms with Crippen molar-refractivity contribution in [2.24, 2.45) is 0 Å². The second-order valence-electron chi connectivity index (χ2n) is 7.70. The molecule has 0 bridgehead atoms. The number of hydrogen-bond donors (Lipinski definition) is 1. The summed E-state index contributed by atoms with van der Waals surface area (Å²) in [6, 6.07) is 7.93. The van der Waals surface area contributed by atoms with Gasteiger partial charge in [-0.25, -0.2) is 8.78 Å². The van der Waals surface area contributed by atoms with Gasteiger partial charge in [-0.3, -0.25) is 14.6 Å². The standard InChI is InChI=1S/C21H19F2N3O2S/c22-21(23)4-6-26(7-5-21)20(28)16-9-12-2-1-3-15(18(12)29-16)13-8-14-11-25-19(27)17(14)24-10-13/h1-3,8,10,16H,4-7,9,11H2,(H,25,27). The quantitative estimate of drug-likeness (QED) is 0.818. The highest BCUT2D eigenvalue weighted by Gasteiger charge is 2.39. The van der Waals surface area contributed by atoms with Crippen molar-refractivity contribution in [3.05, 3.63) is 47.3 Å². The summed E-state index contributed by atoms with van der Waals surface area (Å²) in [7, 11) is 0. The molecule has 1 N–H and O–H groups in total. The van der Waals surface area contributed by atoms with Gasteiger partial charge in [0, 0.05) is 54.7 Å². The Labute approximate surface area is 170 Å². The van der Waals surface area contributed by atoms with Crippen LogP contribution in [0.5, 0.6) is 0 Å². The maximum Gasteiger partial charge on any atom is 0.270 e. The Hall–Kier alpha value is -2.48. The molecule has 1 fully saturated rings. The molecule has 150 valence electrons. The van der Waals surface area contributed by atoms with E-state index in [0.717, 1.165) is 27.1 Å². The lowest BCUT2D eigenvalue weighted by atomic mass is 10.00. The van der Waals surface area contributed by atoms with Crippen molar-refractivity contribution >= 4 is 23.6 Å². The molecule has 3 aliphatic heterocycles. The van der Waals surface area contributed by atoms with Gasteiger partial charge in [0.25, 0.3) is 11.8 Å². The molecule has 5 nitrogen and oxygen atoms in total. The first-order valence-electron chi connectivity index (χ1n) is 9.64. The third kappa shape index (κ3) is 3.29. The molecule has 4 heterocycles. The van der Waals surface area contributed by atoms with Crippen LogP contribution in [0.4, 0.5) is 8.78 Å². The molecule has 1 saturated heterocycles. The molecule has 3 aliphatic rings. The lowest BCUT2D eigenvalue weighted by Gasteiger charge is -2.33. The fourth-order valence-corrected chi connectivity index (χ4v) is 5.56. The zero-order valence-electron chi connectivity index (χ0n) is 15.6. The number of amides is 2. The Morgan fingerprint density at radius 3 is 2.83 bits per heavy atom. The summed E-state index contributed by atoms with van der Waals surface area (Å²) in [6.45, 7) is 0.696. The van der Waals surface area contributed by atoms with E-state index in [1.807, 2.05) is 24.3 Å². The topological polar surface area (TPSA) is 62.3 Å². The van der Waals surface area contributed by atoms with E-state index in [1.165, 1.54) is 11.8 Å². The minimum Gasteiger partial charge on any atom is -0.347 e. The van der Waals surface area contributed by atoms with E-state index in [-0.39, 0.29) is 43.0 Å². The van der Waals surface area contributed by atoms with Crippen LogP contribution >= 0.6 is 11.8 Å². The number of hydrogen-bond acceptors (Lipinski definition) is 4. The van der Waals surface area contributed by atoms with Gasteiger partial charge in [-0.05, 0) is 23.6 Å². The molecule has 1 aromatic heterocycles. The minimum atomic E-state index is -2.66. The smallest absolute Gasteiger partial charge is 0.270 e. The van der Waals surface area contributed by atoms with Crippen molar-refractivity contribution in [3.8, 4) is 11.1 Å². The van der Waals surface area contributed by atoms with E-state index >= 15 is 0 Å². The predicted molar refractivity (Wildman–Crippen MR) is 105 cm³/mol. The Bertz CT molecular complexity index is 1020. The molecular weight excluding hydrogens is 396 g/mol. The van der Waals surface area contributed by atoms with Gasteiger partial charge < -0.3 is 10.2 Å². The first-order chi connectivity index (χ1) is 13.9. The van der Waals surface area contributed by atoms with E-state index in [0.29, 0.717) is 18.7 Å². The van der Waals surface area contributed by atoms with Crippen molar-refractivity contribution in [3.63, 3.8) is 0 Å². The van der Waals surface area contributed by atoms with Crippen molar-refractivity contribution < 1.29 is 18.4 Å². The number of halogens is 2. The van der Waals surface area contributed by atoms with Gasteiger partial charge in [-0.2, -0.15) is 0 Å². The molecule has 5 rings (SSSR count). The summed E-state index contributed by atoms with van der Waals surface area (Å²) in [5, 5.41) is 2.48. The van der Waals surface area contributed by atoms with Crippen LogP contribution in [-0.4, -0.2) is 46.0 Å².